The summed E-state index contributed by atoms with van der Waals surface area (Å²) in [5.74, 6) is 0. The van der Waals surface area contributed by atoms with E-state index < -0.39 is 4.92 Å². The van der Waals surface area contributed by atoms with Gasteiger partial charge < -0.3 is 5.73 Å². The van der Waals surface area contributed by atoms with Crippen molar-refractivity contribution >= 4 is 50.5 Å². The van der Waals surface area contributed by atoms with Gasteiger partial charge in [0.2, 0.25) is 0 Å². The van der Waals surface area contributed by atoms with Crippen molar-refractivity contribution in [1.29, 1.82) is 0 Å². The minimum absolute atomic E-state index is 0. The molecule has 16 heavy (non-hydrogen) atoms. The number of nitrogens with two attached hydrogens (primary N) is 1. The summed E-state index contributed by atoms with van der Waals surface area (Å²) in [7, 11) is 0. The Balaban J connectivity index is 0.00000128. The van der Waals surface area contributed by atoms with Crippen LogP contribution in [0.4, 0.5) is 11.4 Å². The molecule has 2 rings (SSSR count). The first-order valence-electron chi connectivity index (χ1n) is 4.22. The SMILES string of the molecule is Cl.Nc1ccc2cc(Br)ccc2c1[N+](=O)[O-]. The van der Waals surface area contributed by atoms with E-state index in [1.807, 2.05) is 6.07 Å². The lowest BCUT2D eigenvalue weighted by Crippen LogP contribution is -1.96. The maximum absolute atomic E-state index is 10.8. The molecule has 0 atom stereocenters. The van der Waals surface area contributed by atoms with Crippen LogP contribution in [0.5, 0.6) is 0 Å². The minimum Gasteiger partial charge on any atom is -0.393 e. The van der Waals surface area contributed by atoms with E-state index in [1.165, 1.54) is 0 Å². The van der Waals surface area contributed by atoms with Gasteiger partial charge in [-0.3, -0.25) is 10.1 Å². The molecule has 0 saturated carbocycles. The summed E-state index contributed by atoms with van der Waals surface area (Å²) in [6.45, 7) is 0. The number of fused-ring (bicyclic) bond motifs is 1. The Morgan fingerprint density at radius 2 is 1.94 bits per heavy atom. The largest absolute Gasteiger partial charge is 0.393 e. The van der Waals surface area contributed by atoms with Gasteiger partial charge in [0, 0.05) is 4.47 Å². The fourth-order valence-electron chi connectivity index (χ4n) is 1.50. The Morgan fingerprint density at radius 3 is 2.56 bits per heavy atom. The molecule has 2 N–H and O–H groups in total. The fraction of sp³-hybridized carbons (Fsp3) is 0. The number of hydrogen-bond acceptors (Lipinski definition) is 3. The van der Waals surface area contributed by atoms with Crippen LogP contribution in [-0.4, -0.2) is 4.92 Å². The van der Waals surface area contributed by atoms with E-state index in [4.69, 9.17) is 5.73 Å². The third kappa shape index (κ3) is 2.10. The smallest absolute Gasteiger partial charge is 0.299 e. The van der Waals surface area contributed by atoms with Gasteiger partial charge in [-0.05, 0) is 29.7 Å². The van der Waals surface area contributed by atoms with Gasteiger partial charge in [0.25, 0.3) is 5.69 Å². The van der Waals surface area contributed by atoms with Crippen LogP contribution in [-0.2, 0) is 0 Å². The first kappa shape index (κ1) is 12.7. The van der Waals surface area contributed by atoms with Crippen molar-refractivity contribution in [3.05, 3.63) is 44.9 Å². The molecule has 0 heterocycles. The molecule has 0 aromatic heterocycles. The molecule has 84 valence electrons. The fourth-order valence-corrected chi connectivity index (χ4v) is 1.88. The second kappa shape index (κ2) is 4.67. The highest BCUT2D eigenvalue weighted by Gasteiger charge is 2.15. The number of nitro benzene ring substituents is 1. The molecule has 2 aromatic rings. The third-order valence-corrected chi connectivity index (χ3v) is 2.66. The zero-order chi connectivity index (χ0) is 11.0. The number of halogens is 2. The Morgan fingerprint density at radius 1 is 1.25 bits per heavy atom. The molecule has 2 aromatic carbocycles. The summed E-state index contributed by atoms with van der Waals surface area (Å²) in [5, 5.41) is 12.2. The van der Waals surface area contributed by atoms with Gasteiger partial charge in [0.1, 0.15) is 5.69 Å². The van der Waals surface area contributed by atoms with E-state index in [-0.39, 0.29) is 23.8 Å². The quantitative estimate of drug-likeness (QED) is 0.498. The van der Waals surface area contributed by atoms with Crippen LogP contribution in [0.2, 0.25) is 0 Å². The molecule has 0 unspecified atom stereocenters. The Bertz CT molecular complexity index is 560. The molecule has 0 amide bonds. The standard InChI is InChI=1S/C10H7BrN2O2.ClH/c11-7-2-3-8-6(5-7)1-4-9(12)10(8)13(14)15;/h1-5H,12H2;1H. The van der Waals surface area contributed by atoms with Crippen LogP contribution in [0.15, 0.2) is 34.8 Å². The summed E-state index contributed by atoms with van der Waals surface area (Å²) in [6, 6.07) is 8.58. The van der Waals surface area contributed by atoms with Gasteiger partial charge in [-0.1, -0.05) is 22.0 Å². The van der Waals surface area contributed by atoms with Crippen molar-refractivity contribution < 1.29 is 4.92 Å². The third-order valence-electron chi connectivity index (χ3n) is 2.17. The number of rotatable bonds is 1. The van der Waals surface area contributed by atoms with Gasteiger partial charge in [-0.15, -0.1) is 12.4 Å². The highest BCUT2D eigenvalue weighted by atomic mass is 79.9. The van der Waals surface area contributed by atoms with Gasteiger partial charge in [0.05, 0.1) is 10.3 Å². The van der Waals surface area contributed by atoms with E-state index in [1.54, 1.807) is 24.3 Å². The van der Waals surface area contributed by atoms with Crippen LogP contribution in [0.25, 0.3) is 10.8 Å². The number of hydrogen-bond donors (Lipinski definition) is 1. The van der Waals surface area contributed by atoms with Gasteiger partial charge in [0.15, 0.2) is 0 Å². The highest BCUT2D eigenvalue weighted by molar-refractivity contribution is 9.10. The molecule has 6 heteroatoms. The van der Waals surface area contributed by atoms with E-state index in [9.17, 15) is 10.1 Å². The summed E-state index contributed by atoms with van der Waals surface area (Å²) in [4.78, 5) is 10.4. The summed E-state index contributed by atoms with van der Waals surface area (Å²) >= 11 is 3.31. The lowest BCUT2D eigenvalue weighted by molar-refractivity contribution is -0.382. The number of benzene rings is 2. The predicted octanol–water partition coefficient (Wildman–Crippen LogP) is 3.51. The summed E-state index contributed by atoms with van der Waals surface area (Å²) in [6.07, 6.45) is 0. The maximum Gasteiger partial charge on any atom is 0.299 e. The van der Waals surface area contributed by atoms with Crippen molar-refractivity contribution in [1.82, 2.24) is 0 Å². The monoisotopic (exact) mass is 302 g/mol. The zero-order valence-electron chi connectivity index (χ0n) is 8.01. The Labute approximate surface area is 106 Å². The number of nitro groups is 1. The lowest BCUT2D eigenvalue weighted by Gasteiger charge is -2.02. The zero-order valence-corrected chi connectivity index (χ0v) is 10.4. The maximum atomic E-state index is 10.8. The topological polar surface area (TPSA) is 69.2 Å². The molecular weight excluding hydrogens is 295 g/mol. The molecule has 0 saturated heterocycles. The average molecular weight is 304 g/mol. The van der Waals surface area contributed by atoms with Crippen LogP contribution >= 0.6 is 28.3 Å². The van der Waals surface area contributed by atoms with Crippen molar-refractivity contribution in [2.75, 3.05) is 5.73 Å². The first-order chi connectivity index (χ1) is 7.09. The molecule has 0 aliphatic carbocycles. The molecule has 0 fully saturated rings. The first-order valence-corrected chi connectivity index (χ1v) is 5.01. The predicted molar refractivity (Wildman–Crippen MR) is 70.0 cm³/mol. The van der Waals surface area contributed by atoms with Crippen LogP contribution in [0, 0.1) is 10.1 Å². The number of nitrogens with zero attached hydrogens (tertiary/aromatic N) is 1. The normalized spacial score (nSPS) is 9.81. The van der Waals surface area contributed by atoms with Crippen molar-refractivity contribution in [2.24, 2.45) is 0 Å². The number of anilines is 1. The van der Waals surface area contributed by atoms with Gasteiger partial charge >= 0.3 is 0 Å². The molecule has 0 spiro atoms. The summed E-state index contributed by atoms with van der Waals surface area (Å²) in [5.41, 5.74) is 5.73. The molecule has 4 nitrogen and oxygen atoms in total. The average Bonchev–Trinajstić information content (AvgIpc) is 2.17. The second-order valence-electron chi connectivity index (χ2n) is 3.13. The van der Waals surface area contributed by atoms with Crippen molar-refractivity contribution in [2.45, 2.75) is 0 Å². The van der Waals surface area contributed by atoms with Crippen molar-refractivity contribution in [3.63, 3.8) is 0 Å². The van der Waals surface area contributed by atoms with Crippen molar-refractivity contribution in [3.8, 4) is 0 Å². The van der Waals surface area contributed by atoms with Crippen LogP contribution in [0.3, 0.4) is 0 Å². The molecule has 0 aliphatic heterocycles. The van der Waals surface area contributed by atoms with Gasteiger partial charge in [-0.25, -0.2) is 0 Å². The highest BCUT2D eigenvalue weighted by Crippen LogP contribution is 2.32. The van der Waals surface area contributed by atoms with E-state index >= 15 is 0 Å². The van der Waals surface area contributed by atoms with E-state index in [0.717, 1.165) is 9.86 Å². The Kier molecular flexibility index (Phi) is 3.72. The Hall–Kier alpha value is -1.33. The molecule has 0 bridgehead atoms. The van der Waals surface area contributed by atoms with E-state index in [2.05, 4.69) is 15.9 Å². The van der Waals surface area contributed by atoms with Gasteiger partial charge in [-0.2, -0.15) is 0 Å². The molecule has 0 radical (unpaired) electrons. The second-order valence-corrected chi connectivity index (χ2v) is 4.04. The molecular formula is C10H8BrClN2O2. The number of nitrogen functional groups attached to an aromatic ring is 1. The summed E-state index contributed by atoms with van der Waals surface area (Å²) < 4.78 is 0.883. The lowest BCUT2D eigenvalue weighted by atomic mass is 10.1. The van der Waals surface area contributed by atoms with Crippen LogP contribution < -0.4 is 5.73 Å². The minimum atomic E-state index is -0.453. The van der Waals surface area contributed by atoms with E-state index in [0.29, 0.717) is 5.39 Å². The van der Waals surface area contributed by atoms with Crippen LogP contribution in [0.1, 0.15) is 0 Å². The molecule has 0 aliphatic rings.